The lowest BCUT2D eigenvalue weighted by Gasteiger charge is -2.22. The van der Waals surface area contributed by atoms with Crippen molar-refractivity contribution in [1.82, 2.24) is 25.0 Å². The summed E-state index contributed by atoms with van der Waals surface area (Å²) in [6, 6.07) is 6.46. The van der Waals surface area contributed by atoms with E-state index in [1.165, 1.54) is 25.3 Å². The van der Waals surface area contributed by atoms with Crippen LogP contribution in [0.3, 0.4) is 0 Å². The fraction of sp³-hybridized carbons (Fsp3) is 0.591. The van der Waals surface area contributed by atoms with E-state index in [-0.39, 0.29) is 35.5 Å². The number of rotatable bonds is 9. The summed E-state index contributed by atoms with van der Waals surface area (Å²) in [4.78, 5) is 6.74. The minimum Gasteiger partial charge on any atom is -0.489 e. The first kappa shape index (κ1) is 25.4. The van der Waals surface area contributed by atoms with Gasteiger partial charge in [0.25, 0.3) is 0 Å². The number of hydrogen-bond acceptors (Lipinski definition) is 4. The average Bonchev–Trinajstić information content (AvgIpc) is 2.97. The summed E-state index contributed by atoms with van der Waals surface area (Å²) < 4.78 is 21.5. The van der Waals surface area contributed by atoms with Crippen molar-refractivity contribution in [3.63, 3.8) is 0 Å². The predicted octanol–water partition coefficient (Wildman–Crippen LogP) is 3.67. The third-order valence-electron chi connectivity index (χ3n) is 5.22. The Morgan fingerprint density at radius 1 is 1.26 bits per heavy atom. The largest absolute Gasteiger partial charge is 0.489 e. The van der Waals surface area contributed by atoms with Gasteiger partial charge in [0.15, 0.2) is 17.5 Å². The molecule has 0 bridgehead atoms. The second-order valence-electron chi connectivity index (χ2n) is 7.53. The summed E-state index contributed by atoms with van der Waals surface area (Å²) in [5.74, 6) is 2.98. The number of guanidine groups is 1. The van der Waals surface area contributed by atoms with Crippen molar-refractivity contribution < 1.29 is 9.13 Å². The molecular weight excluding hydrogens is 510 g/mol. The molecule has 0 saturated carbocycles. The molecule has 0 unspecified atom stereocenters. The molecule has 31 heavy (non-hydrogen) atoms. The molecule has 0 amide bonds. The molecule has 0 aliphatic carbocycles. The second-order valence-corrected chi connectivity index (χ2v) is 7.53. The summed E-state index contributed by atoms with van der Waals surface area (Å²) in [5.41, 5.74) is 0. The van der Waals surface area contributed by atoms with Crippen molar-refractivity contribution in [3.05, 3.63) is 41.7 Å². The quantitative estimate of drug-likeness (QED) is 0.226. The molecule has 1 N–H and O–H groups in total. The van der Waals surface area contributed by atoms with Crippen LogP contribution in [-0.4, -0.2) is 58.9 Å². The summed E-state index contributed by atoms with van der Waals surface area (Å²) >= 11 is 0. The molecule has 0 atom stereocenters. The maximum atomic E-state index is 13.7. The Balaban J connectivity index is 0.00000341. The molecular formula is C22H34FIN6O. The Kier molecular flexibility index (Phi) is 11.0. The van der Waals surface area contributed by atoms with Crippen LogP contribution in [0.4, 0.5) is 4.39 Å². The average molecular weight is 544 g/mol. The van der Waals surface area contributed by atoms with E-state index in [0.29, 0.717) is 19.7 Å². The lowest BCUT2D eigenvalue weighted by atomic mass is 10.2. The fourth-order valence-electron chi connectivity index (χ4n) is 3.58. The van der Waals surface area contributed by atoms with Crippen molar-refractivity contribution in [2.24, 2.45) is 4.99 Å². The van der Waals surface area contributed by atoms with Gasteiger partial charge in [-0.3, -0.25) is 4.99 Å². The standard InChI is InChI=1S/C22H33FN6O.HI/c1-3-24-22(28(2)16-17-30-19-11-7-6-10-18(19)23)25-14-9-13-21-27-26-20-12-5-4-8-15-29(20)21;/h6-7,10-11H,3-5,8-9,12-17H2,1-2H3,(H,24,25);1H. The topological polar surface area (TPSA) is 67.6 Å². The highest BCUT2D eigenvalue weighted by molar-refractivity contribution is 14.0. The number of nitrogens with one attached hydrogen (secondary N) is 1. The molecule has 1 aromatic carbocycles. The Hall–Kier alpha value is -1.91. The fourth-order valence-corrected chi connectivity index (χ4v) is 3.58. The van der Waals surface area contributed by atoms with Gasteiger partial charge in [0, 0.05) is 39.5 Å². The first-order valence-electron chi connectivity index (χ1n) is 11.0. The number of halogens is 2. The summed E-state index contributed by atoms with van der Waals surface area (Å²) in [5, 5.41) is 12.1. The molecule has 1 aliphatic rings. The third-order valence-corrected chi connectivity index (χ3v) is 5.22. The third kappa shape index (κ3) is 7.62. The first-order valence-corrected chi connectivity index (χ1v) is 11.0. The molecule has 2 aromatic rings. The number of para-hydroxylation sites is 1. The minimum atomic E-state index is -0.341. The zero-order valence-corrected chi connectivity index (χ0v) is 20.8. The zero-order chi connectivity index (χ0) is 21.2. The van der Waals surface area contributed by atoms with E-state index in [0.717, 1.165) is 50.0 Å². The number of aliphatic imine (C=N–C) groups is 1. The Labute approximate surface area is 201 Å². The van der Waals surface area contributed by atoms with Crippen molar-refractivity contribution in [1.29, 1.82) is 0 Å². The number of ether oxygens (including phenoxy) is 1. The monoisotopic (exact) mass is 544 g/mol. The molecule has 3 rings (SSSR count). The van der Waals surface area contributed by atoms with Crippen LogP contribution in [0.15, 0.2) is 29.3 Å². The highest BCUT2D eigenvalue weighted by Gasteiger charge is 2.14. The summed E-state index contributed by atoms with van der Waals surface area (Å²) in [6.07, 6.45) is 6.53. The van der Waals surface area contributed by atoms with Gasteiger partial charge in [0.05, 0.1) is 6.54 Å². The molecule has 0 radical (unpaired) electrons. The zero-order valence-electron chi connectivity index (χ0n) is 18.5. The Morgan fingerprint density at radius 2 is 2.10 bits per heavy atom. The lowest BCUT2D eigenvalue weighted by Crippen LogP contribution is -2.41. The van der Waals surface area contributed by atoms with E-state index in [4.69, 9.17) is 9.73 Å². The van der Waals surface area contributed by atoms with Crippen LogP contribution >= 0.6 is 24.0 Å². The molecule has 2 heterocycles. The van der Waals surface area contributed by atoms with Crippen LogP contribution in [-0.2, 0) is 19.4 Å². The van der Waals surface area contributed by atoms with Gasteiger partial charge in [-0.2, -0.15) is 0 Å². The van der Waals surface area contributed by atoms with Gasteiger partial charge in [-0.25, -0.2) is 4.39 Å². The minimum absolute atomic E-state index is 0. The molecule has 9 heteroatoms. The predicted molar refractivity (Wildman–Crippen MR) is 132 cm³/mol. The highest BCUT2D eigenvalue weighted by atomic mass is 127. The van der Waals surface area contributed by atoms with Crippen molar-refractivity contribution in [2.45, 2.75) is 52.0 Å². The summed E-state index contributed by atoms with van der Waals surface area (Å²) in [6.45, 7) is 5.57. The van der Waals surface area contributed by atoms with Gasteiger partial charge in [-0.15, -0.1) is 34.2 Å². The second kappa shape index (κ2) is 13.5. The van der Waals surface area contributed by atoms with Crippen molar-refractivity contribution >= 4 is 29.9 Å². The van der Waals surface area contributed by atoms with Gasteiger partial charge in [0.1, 0.15) is 18.3 Å². The van der Waals surface area contributed by atoms with E-state index in [1.54, 1.807) is 18.2 Å². The molecule has 1 aromatic heterocycles. The van der Waals surface area contributed by atoms with Gasteiger partial charge >= 0.3 is 0 Å². The van der Waals surface area contributed by atoms with Crippen molar-refractivity contribution in [2.75, 3.05) is 33.3 Å². The van der Waals surface area contributed by atoms with E-state index < -0.39 is 0 Å². The van der Waals surface area contributed by atoms with E-state index in [1.807, 2.05) is 18.9 Å². The van der Waals surface area contributed by atoms with E-state index >= 15 is 0 Å². The van der Waals surface area contributed by atoms with Crippen molar-refractivity contribution in [3.8, 4) is 5.75 Å². The molecule has 7 nitrogen and oxygen atoms in total. The molecule has 1 aliphatic heterocycles. The molecule has 0 saturated heterocycles. The number of fused-ring (bicyclic) bond motifs is 1. The van der Waals surface area contributed by atoms with Crippen LogP contribution in [0.5, 0.6) is 5.75 Å². The molecule has 0 fully saturated rings. The van der Waals surface area contributed by atoms with Crippen LogP contribution in [0.1, 0.15) is 44.3 Å². The van der Waals surface area contributed by atoms with Gasteiger partial charge in [-0.1, -0.05) is 18.6 Å². The highest BCUT2D eigenvalue weighted by Crippen LogP contribution is 2.16. The van der Waals surface area contributed by atoms with Gasteiger partial charge < -0.3 is 19.5 Å². The number of aromatic nitrogens is 3. The van der Waals surface area contributed by atoms with Crippen LogP contribution < -0.4 is 10.1 Å². The van der Waals surface area contributed by atoms with Crippen LogP contribution in [0.2, 0.25) is 0 Å². The van der Waals surface area contributed by atoms with Gasteiger partial charge in [-0.05, 0) is 38.3 Å². The lowest BCUT2D eigenvalue weighted by molar-refractivity contribution is 0.270. The normalized spacial score (nSPS) is 13.7. The maximum absolute atomic E-state index is 13.7. The molecule has 0 spiro atoms. The van der Waals surface area contributed by atoms with Gasteiger partial charge in [0.2, 0.25) is 0 Å². The number of nitrogens with zero attached hydrogens (tertiary/aromatic N) is 5. The number of benzene rings is 1. The van der Waals surface area contributed by atoms with E-state index in [2.05, 4.69) is 20.1 Å². The number of aryl methyl sites for hydroxylation is 2. The Bertz CT molecular complexity index is 828. The first-order chi connectivity index (χ1) is 14.7. The van der Waals surface area contributed by atoms with Crippen LogP contribution in [0, 0.1) is 5.82 Å². The maximum Gasteiger partial charge on any atom is 0.193 e. The van der Waals surface area contributed by atoms with E-state index in [9.17, 15) is 4.39 Å². The molecule has 172 valence electrons. The SMILES string of the molecule is CCNC(=NCCCc1nnc2n1CCCCC2)N(C)CCOc1ccccc1F.I. The smallest absolute Gasteiger partial charge is 0.193 e. The number of hydrogen-bond donors (Lipinski definition) is 1. The summed E-state index contributed by atoms with van der Waals surface area (Å²) in [7, 11) is 1.96. The van der Waals surface area contributed by atoms with Crippen LogP contribution in [0.25, 0.3) is 0 Å². The Morgan fingerprint density at radius 3 is 2.90 bits per heavy atom. The number of likely N-dealkylation sites (N-methyl/N-ethyl adjacent to an activating group) is 1.